The molecular formula is C16H31N3O. The monoisotopic (exact) mass is 281 g/mol. The number of piperidine rings is 1. The summed E-state index contributed by atoms with van der Waals surface area (Å²) in [7, 11) is 0. The quantitative estimate of drug-likeness (QED) is 0.749. The number of hydrogen-bond acceptors (Lipinski definition) is 3. The summed E-state index contributed by atoms with van der Waals surface area (Å²) in [4.78, 5) is 14.5. The molecule has 0 aromatic heterocycles. The Morgan fingerprint density at radius 1 is 1.10 bits per heavy atom. The topological polar surface area (TPSA) is 44.4 Å². The molecule has 0 unspecified atom stereocenters. The minimum absolute atomic E-state index is 0.184. The molecule has 0 spiro atoms. The van der Waals surface area contributed by atoms with Gasteiger partial charge < -0.3 is 15.5 Å². The molecule has 0 aromatic carbocycles. The lowest BCUT2D eigenvalue weighted by Crippen LogP contribution is -2.47. The maximum atomic E-state index is 11.9. The normalized spacial score (nSPS) is 22.2. The van der Waals surface area contributed by atoms with Crippen molar-refractivity contribution in [2.45, 2.75) is 70.4 Å². The van der Waals surface area contributed by atoms with E-state index in [9.17, 15) is 4.79 Å². The van der Waals surface area contributed by atoms with Gasteiger partial charge in [-0.25, -0.2) is 0 Å². The Morgan fingerprint density at radius 3 is 2.45 bits per heavy atom. The van der Waals surface area contributed by atoms with Gasteiger partial charge in [-0.05, 0) is 38.6 Å². The first-order valence-corrected chi connectivity index (χ1v) is 8.53. The van der Waals surface area contributed by atoms with Gasteiger partial charge in [-0.3, -0.25) is 4.79 Å². The lowest BCUT2D eigenvalue weighted by atomic mass is 10.0. The van der Waals surface area contributed by atoms with Crippen LogP contribution in [0.15, 0.2) is 0 Å². The van der Waals surface area contributed by atoms with Gasteiger partial charge in [0.2, 0.25) is 5.91 Å². The van der Waals surface area contributed by atoms with Crippen molar-refractivity contribution < 1.29 is 4.79 Å². The van der Waals surface area contributed by atoms with Crippen molar-refractivity contribution in [3.63, 3.8) is 0 Å². The van der Waals surface area contributed by atoms with Crippen LogP contribution in [0.5, 0.6) is 0 Å². The highest BCUT2D eigenvalue weighted by Gasteiger charge is 2.21. The largest absolute Gasteiger partial charge is 0.352 e. The number of nitrogens with one attached hydrogen (secondary N) is 2. The van der Waals surface area contributed by atoms with E-state index in [1.165, 1.54) is 45.1 Å². The molecule has 0 aromatic rings. The molecule has 2 fully saturated rings. The minimum atomic E-state index is 0.184. The lowest BCUT2D eigenvalue weighted by molar-refractivity contribution is -0.121. The number of nitrogens with zero attached hydrogens (tertiary/aromatic N) is 1. The Bertz CT molecular complexity index is 281. The Kier molecular flexibility index (Phi) is 6.80. The van der Waals surface area contributed by atoms with Crippen molar-refractivity contribution in [2.75, 3.05) is 26.2 Å². The Labute approximate surface area is 123 Å². The second-order valence-corrected chi connectivity index (χ2v) is 6.40. The van der Waals surface area contributed by atoms with E-state index in [0.717, 1.165) is 25.9 Å². The van der Waals surface area contributed by atoms with Crippen LogP contribution in [-0.2, 0) is 4.79 Å². The van der Waals surface area contributed by atoms with Crippen molar-refractivity contribution in [3.8, 4) is 0 Å². The van der Waals surface area contributed by atoms with Gasteiger partial charge in [-0.15, -0.1) is 0 Å². The second kappa shape index (κ2) is 8.63. The van der Waals surface area contributed by atoms with Crippen molar-refractivity contribution in [2.24, 2.45) is 0 Å². The molecule has 0 atom stereocenters. The fraction of sp³-hybridized carbons (Fsp3) is 0.938. The van der Waals surface area contributed by atoms with E-state index >= 15 is 0 Å². The third-order valence-corrected chi connectivity index (χ3v) is 4.69. The number of carbonyl (C=O) groups excluding carboxylic acids is 1. The summed E-state index contributed by atoms with van der Waals surface area (Å²) in [5.74, 6) is 0.184. The number of hydrogen-bond donors (Lipinski definition) is 2. The highest BCUT2D eigenvalue weighted by Crippen LogP contribution is 2.17. The molecule has 1 heterocycles. The number of amides is 1. The van der Waals surface area contributed by atoms with Gasteiger partial charge in [0.25, 0.3) is 0 Å². The number of likely N-dealkylation sites (tertiary alicyclic amines) is 1. The first-order valence-electron chi connectivity index (χ1n) is 8.53. The lowest BCUT2D eigenvalue weighted by Gasteiger charge is -2.32. The molecule has 4 heteroatoms. The van der Waals surface area contributed by atoms with Crippen LogP contribution < -0.4 is 10.6 Å². The van der Waals surface area contributed by atoms with Crippen LogP contribution in [0.4, 0.5) is 0 Å². The van der Waals surface area contributed by atoms with Gasteiger partial charge in [-0.2, -0.15) is 0 Å². The van der Waals surface area contributed by atoms with E-state index in [1.54, 1.807) is 0 Å². The van der Waals surface area contributed by atoms with Crippen LogP contribution in [0.1, 0.15) is 58.3 Å². The van der Waals surface area contributed by atoms with Crippen molar-refractivity contribution in [3.05, 3.63) is 0 Å². The van der Waals surface area contributed by atoms with E-state index < -0.39 is 0 Å². The van der Waals surface area contributed by atoms with Crippen molar-refractivity contribution in [1.29, 1.82) is 0 Å². The van der Waals surface area contributed by atoms with Gasteiger partial charge in [0.15, 0.2) is 0 Å². The van der Waals surface area contributed by atoms with E-state index in [0.29, 0.717) is 18.6 Å². The molecule has 1 amide bonds. The molecule has 2 rings (SSSR count). The molecule has 0 radical (unpaired) electrons. The molecule has 0 bridgehead atoms. The zero-order chi connectivity index (χ0) is 14.2. The average Bonchev–Trinajstić information content (AvgIpc) is 2.98. The Hall–Kier alpha value is -0.610. The highest BCUT2D eigenvalue weighted by atomic mass is 16.2. The molecule has 4 nitrogen and oxygen atoms in total. The summed E-state index contributed by atoms with van der Waals surface area (Å²) >= 11 is 0. The zero-order valence-electron chi connectivity index (χ0n) is 13.0. The van der Waals surface area contributed by atoms with E-state index in [-0.39, 0.29) is 5.91 Å². The maximum Gasteiger partial charge on any atom is 0.234 e. The van der Waals surface area contributed by atoms with Gasteiger partial charge in [0.1, 0.15) is 0 Å². The molecule has 1 aliphatic heterocycles. The van der Waals surface area contributed by atoms with E-state index in [4.69, 9.17) is 0 Å². The molecule has 1 aliphatic carbocycles. The van der Waals surface area contributed by atoms with Crippen LogP contribution in [0, 0.1) is 0 Å². The van der Waals surface area contributed by atoms with Gasteiger partial charge in [-0.1, -0.05) is 26.2 Å². The summed E-state index contributed by atoms with van der Waals surface area (Å²) in [6, 6.07) is 0.974. The summed E-state index contributed by atoms with van der Waals surface area (Å²) < 4.78 is 0. The molecular weight excluding hydrogens is 250 g/mol. The highest BCUT2D eigenvalue weighted by molar-refractivity contribution is 5.78. The number of carbonyl (C=O) groups is 1. The van der Waals surface area contributed by atoms with E-state index in [1.807, 2.05) is 0 Å². The summed E-state index contributed by atoms with van der Waals surface area (Å²) in [6.45, 7) is 6.24. The minimum Gasteiger partial charge on any atom is -0.352 e. The molecule has 1 saturated heterocycles. The Morgan fingerprint density at radius 2 is 1.80 bits per heavy atom. The standard InChI is InChI=1S/C16H31N3O/c1-2-3-10-19-11-8-15(9-12-19)18-16(20)13-17-14-6-4-5-7-14/h14-15,17H,2-13H2,1H3,(H,18,20). The number of unbranched alkanes of at least 4 members (excludes halogenated alkanes) is 1. The molecule has 2 aliphatic rings. The molecule has 116 valence electrons. The average molecular weight is 281 g/mol. The fourth-order valence-electron chi connectivity index (χ4n) is 3.33. The van der Waals surface area contributed by atoms with Gasteiger partial charge in [0.05, 0.1) is 6.54 Å². The van der Waals surface area contributed by atoms with Crippen molar-refractivity contribution >= 4 is 5.91 Å². The predicted octanol–water partition coefficient (Wildman–Crippen LogP) is 1.90. The third-order valence-electron chi connectivity index (χ3n) is 4.69. The van der Waals surface area contributed by atoms with Crippen LogP contribution >= 0.6 is 0 Å². The third kappa shape index (κ3) is 5.41. The van der Waals surface area contributed by atoms with Crippen LogP contribution in [-0.4, -0.2) is 49.1 Å². The van der Waals surface area contributed by atoms with Gasteiger partial charge >= 0.3 is 0 Å². The van der Waals surface area contributed by atoms with Gasteiger partial charge in [0, 0.05) is 25.2 Å². The van der Waals surface area contributed by atoms with Crippen LogP contribution in [0.3, 0.4) is 0 Å². The van der Waals surface area contributed by atoms with Crippen LogP contribution in [0.2, 0.25) is 0 Å². The van der Waals surface area contributed by atoms with E-state index in [2.05, 4.69) is 22.5 Å². The first kappa shape index (κ1) is 15.8. The smallest absolute Gasteiger partial charge is 0.234 e. The second-order valence-electron chi connectivity index (χ2n) is 6.40. The van der Waals surface area contributed by atoms with Crippen molar-refractivity contribution in [1.82, 2.24) is 15.5 Å². The predicted molar refractivity (Wildman–Crippen MR) is 82.8 cm³/mol. The zero-order valence-corrected chi connectivity index (χ0v) is 13.0. The summed E-state index contributed by atoms with van der Waals surface area (Å²) in [5.41, 5.74) is 0. The maximum absolute atomic E-state index is 11.9. The molecule has 1 saturated carbocycles. The molecule has 2 N–H and O–H groups in total. The first-order chi connectivity index (χ1) is 9.78. The fourth-order valence-corrected chi connectivity index (χ4v) is 3.33. The Balaban J connectivity index is 1.56. The summed E-state index contributed by atoms with van der Waals surface area (Å²) in [6.07, 6.45) is 9.89. The molecule has 20 heavy (non-hydrogen) atoms. The SMILES string of the molecule is CCCCN1CCC(NC(=O)CNC2CCCC2)CC1. The van der Waals surface area contributed by atoms with Crippen LogP contribution in [0.25, 0.3) is 0 Å². The number of rotatable bonds is 7. The summed E-state index contributed by atoms with van der Waals surface area (Å²) in [5, 5.41) is 6.58.